The average molecular weight is 261 g/mol. The van der Waals surface area contributed by atoms with E-state index in [1.807, 2.05) is 13.8 Å². The lowest BCUT2D eigenvalue weighted by Crippen LogP contribution is -1.91. The van der Waals surface area contributed by atoms with Gasteiger partial charge in [0.1, 0.15) is 10.4 Å². The number of oxazole rings is 1. The zero-order valence-electron chi connectivity index (χ0n) is 8.64. The quantitative estimate of drug-likeness (QED) is 0.775. The summed E-state index contributed by atoms with van der Waals surface area (Å²) in [4.78, 5) is 7.91. The van der Waals surface area contributed by atoms with Gasteiger partial charge >= 0.3 is 0 Å². The molecule has 0 saturated heterocycles. The van der Waals surface area contributed by atoms with Crippen molar-refractivity contribution in [3.63, 3.8) is 0 Å². The summed E-state index contributed by atoms with van der Waals surface area (Å²) in [6.45, 7) is 3.84. The maximum absolute atomic E-state index is 11.1. The van der Waals surface area contributed by atoms with E-state index in [0.717, 1.165) is 6.20 Å². The summed E-state index contributed by atoms with van der Waals surface area (Å²) in [6, 6.07) is 1.35. The second-order valence-electron chi connectivity index (χ2n) is 3.64. The Morgan fingerprint density at radius 2 is 2.12 bits per heavy atom. The van der Waals surface area contributed by atoms with Crippen molar-refractivity contribution in [1.29, 1.82) is 0 Å². The van der Waals surface area contributed by atoms with E-state index in [2.05, 4.69) is 9.97 Å². The van der Waals surface area contributed by atoms with E-state index in [-0.39, 0.29) is 10.8 Å². The average Bonchev–Trinajstić information content (AvgIpc) is 2.58. The summed E-state index contributed by atoms with van der Waals surface area (Å²) >= 11 is 0. The van der Waals surface area contributed by atoms with Crippen molar-refractivity contribution in [3.8, 4) is 0 Å². The van der Waals surface area contributed by atoms with Crippen LogP contribution < -0.4 is 0 Å². The molecule has 0 saturated carbocycles. The van der Waals surface area contributed by atoms with Gasteiger partial charge in [0, 0.05) is 16.6 Å². The van der Waals surface area contributed by atoms with Crippen molar-refractivity contribution in [2.45, 2.75) is 24.7 Å². The molecule has 0 amide bonds. The van der Waals surface area contributed by atoms with Crippen molar-refractivity contribution in [2.75, 3.05) is 0 Å². The largest absolute Gasteiger partial charge is 0.422 e. The second kappa shape index (κ2) is 3.71. The molecular weight excluding hydrogens is 252 g/mol. The predicted octanol–water partition coefficient (Wildman–Crippen LogP) is 2.27. The number of pyridine rings is 1. The van der Waals surface area contributed by atoms with Gasteiger partial charge in [-0.15, -0.1) is 0 Å². The van der Waals surface area contributed by atoms with Crippen LogP contribution in [0.2, 0.25) is 0 Å². The lowest BCUT2D eigenvalue weighted by atomic mass is 10.2. The van der Waals surface area contributed by atoms with Gasteiger partial charge in [0.15, 0.2) is 5.89 Å². The molecule has 2 aromatic rings. The van der Waals surface area contributed by atoms with E-state index >= 15 is 0 Å². The minimum atomic E-state index is -3.78. The molecule has 5 nitrogen and oxygen atoms in total. The van der Waals surface area contributed by atoms with Crippen LogP contribution in [0.1, 0.15) is 25.7 Å². The summed E-state index contributed by atoms with van der Waals surface area (Å²) in [6.07, 6.45) is 1.15. The SMILES string of the molecule is CC(C)c1nc2cc(S(=O)(=O)Cl)cnc2o1. The molecule has 0 bridgehead atoms. The van der Waals surface area contributed by atoms with Crippen LogP contribution in [-0.2, 0) is 9.05 Å². The zero-order valence-corrected chi connectivity index (χ0v) is 10.2. The molecule has 16 heavy (non-hydrogen) atoms. The van der Waals surface area contributed by atoms with Crippen LogP contribution >= 0.6 is 10.7 Å². The van der Waals surface area contributed by atoms with E-state index in [0.29, 0.717) is 17.1 Å². The number of fused-ring (bicyclic) bond motifs is 1. The molecular formula is C9H9ClN2O3S. The first-order valence-electron chi connectivity index (χ1n) is 4.59. The highest BCUT2D eigenvalue weighted by Crippen LogP contribution is 2.22. The maximum Gasteiger partial charge on any atom is 0.262 e. The highest BCUT2D eigenvalue weighted by Gasteiger charge is 2.15. The zero-order chi connectivity index (χ0) is 11.9. The maximum atomic E-state index is 11.1. The summed E-state index contributed by atoms with van der Waals surface area (Å²) in [5.41, 5.74) is 0.707. The Hall–Kier alpha value is -1.14. The van der Waals surface area contributed by atoms with E-state index < -0.39 is 9.05 Å². The van der Waals surface area contributed by atoms with Gasteiger partial charge in [-0.25, -0.2) is 18.4 Å². The van der Waals surface area contributed by atoms with Gasteiger partial charge in [0.25, 0.3) is 9.05 Å². The third-order valence-corrected chi connectivity index (χ3v) is 3.34. The Morgan fingerprint density at radius 3 is 2.69 bits per heavy atom. The molecule has 2 rings (SSSR count). The number of halogens is 1. The minimum absolute atomic E-state index is 0.0785. The van der Waals surface area contributed by atoms with Gasteiger partial charge in [0.05, 0.1) is 6.20 Å². The van der Waals surface area contributed by atoms with Crippen LogP contribution in [0.25, 0.3) is 11.2 Å². The molecule has 0 spiro atoms. The molecule has 2 aromatic heterocycles. The van der Waals surface area contributed by atoms with Gasteiger partial charge in [0.2, 0.25) is 5.71 Å². The normalized spacial score (nSPS) is 12.5. The first-order chi connectivity index (χ1) is 7.38. The molecule has 2 heterocycles. The first-order valence-corrected chi connectivity index (χ1v) is 6.90. The van der Waals surface area contributed by atoms with Gasteiger partial charge in [-0.05, 0) is 6.07 Å². The Labute approximate surface area is 96.9 Å². The van der Waals surface area contributed by atoms with Crippen molar-refractivity contribution in [2.24, 2.45) is 0 Å². The van der Waals surface area contributed by atoms with Crippen LogP contribution in [0, 0.1) is 0 Å². The Balaban J connectivity index is 2.63. The van der Waals surface area contributed by atoms with E-state index in [1.54, 1.807) is 0 Å². The molecule has 0 unspecified atom stereocenters. The summed E-state index contributed by atoms with van der Waals surface area (Å²) in [7, 11) is 1.42. The molecule has 0 aliphatic carbocycles. The Morgan fingerprint density at radius 1 is 1.44 bits per heavy atom. The van der Waals surface area contributed by atoms with E-state index in [1.165, 1.54) is 6.07 Å². The third-order valence-electron chi connectivity index (χ3n) is 2.01. The van der Waals surface area contributed by atoms with Crippen molar-refractivity contribution < 1.29 is 12.8 Å². The molecule has 0 aliphatic rings. The lowest BCUT2D eigenvalue weighted by Gasteiger charge is -1.93. The Bertz CT molecular complexity index is 633. The van der Waals surface area contributed by atoms with E-state index in [4.69, 9.17) is 15.1 Å². The lowest BCUT2D eigenvalue weighted by molar-refractivity contribution is 0.494. The predicted molar refractivity (Wildman–Crippen MR) is 58.9 cm³/mol. The van der Waals surface area contributed by atoms with Crippen LogP contribution in [0.4, 0.5) is 0 Å². The van der Waals surface area contributed by atoms with Crippen molar-refractivity contribution in [1.82, 2.24) is 9.97 Å². The molecule has 0 atom stereocenters. The van der Waals surface area contributed by atoms with Gasteiger partial charge < -0.3 is 4.42 Å². The molecule has 0 aromatic carbocycles. The van der Waals surface area contributed by atoms with Gasteiger partial charge in [-0.3, -0.25) is 0 Å². The van der Waals surface area contributed by atoms with Crippen LogP contribution in [0.3, 0.4) is 0 Å². The van der Waals surface area contributed by atoms with Crippen LogP contribution in [-0.4, -0.2) is 18.4 Å². The second-order valence-corrected chi connectivity index (χ2v) is 6.21. The fourth-order valence-electron chi connectivity index (χ4n) is 1.20. The molecule has 0 N–H and O–H groups in total. The summed E-state index contributed by atoms with van der Waals surface area (Å²) in [5.74, 6) is 0.636. The summed E-state index contributed by atoms with van der Waals surface area (Å²) < 4.78 is 27.5. The minimum Gasteiger partial charge on any atom is -0.422 e. The number of aromatic nitrogens is 2. The van der Waals surface area contributed by atoms with Crippen molar-refractivity contribution >= 4 is 31.0 Å². The molecule has 0 radical (unpaired) electrons. The van der Waals surface area contributed by atoms with Gasteiger partial charge in [-0.1, -0.05) is 13.8 Å². The van der Waals surface area contributed by atoms with Gasteiger partial charge in [-0.2, -0.15) is 0 Å². The van der Waals surface area contributed by atoms with Crippen LogP contribution in [0.15, 0.2) is 21.6 Å². The molecule has 86 valence electrons. The highest BCUT2D eigenvalue weighted by molar-refractivity contribution is 8.13. The first kappa shape index (κ1) is 11.3. The van der Waals surface area contributed by atoms with E-state index in [9.17, 15) is 8.42 Å². The number of rotatable bonds is 2. The standard InChI is InChI=1S/C9H9ClN2O3S/c1-5(2)8-12-7-3-6(16(10,13)14)4-11-9(7)15-8/h3-5H,1-2H3. The number of nitrogens with zero attached hydrogens (tertiary/aromatic N) is 2. The van der Waals surface area contributed by atoms with Crippen LogP contribution in [0.5, 0.6) is 0 Å². The molecule has 0 aliphatic heterocycles. The number of hydrogen-bond acceptors (Lipinski definition) is 5. The fraction of sp³-hybridized carbons (Fsp3) is 0.333. The third kappa shape index (κ3) is 2.03. The highest BCUT2D eigenvalue weighted by atomic mass is 35.7. The summed E-state index contributed by atoms with van der Waals surface area (Å²) in [5, 5.41) is 0. The Kier molecular flexibility index (Phi) is 2.63. The monoisotopic (exact) mass is 260 g/mol. The fourth-order valence-corrected chi connectivity index (χ4v) is 1.89. The molecule has 7 heteroatoms. The van der Waals surface area contributed by atoms with Crippen molar-refractivity contribution in [3.05, 3.63) is 18.2 Å². The smallest absolute Gasteiger partial charge is 0.262 e. The molecule has 0 fully saturated rings. The topological polar surface area (TPSA) is 73.1 Å². The number of hydrogen-bond donors (Lipinski definition) is 0.